The SMILES string of the molecule is [C-]#[N+]C1=C[C@]2(C)C3=CC(=O)[C@@]4(C)[C@@H]5CC(C)(C)CC[C@]56CC[C@]4(OC6=O)[C@]3(C)CC[C@H]2[C@H](C)C1=O. The van der Waals surface area contributed by atoms with Crippen LogP contribution in [-0.2, 0) is 19.1 Å². The first-order chi connectivity index (χ1) is 16.2. The number of carbonyl (C=O) groups excluding carboxylic acids is 3. The van der Waals surface area contributed by atoms with E-state index in [1.54, 1.807) is 0 Å². The first-order valence-corrected chi connectivity index (χ1v) is 13.4. The Labute approximate surface area is 208 Å². The van der Waals surface area contributed by atoms with Gasteiger partial charge in [-0.3, -0.25) is 9.59 Å². The highest BCUT2D eigenvalue weighted by atomic mass is 16.6. The minimum Gasteiger partial charge on any atom is -0.457 e. The zero-order chi connectivity index (χ0) is 25.4. The lowest BCUT2D eigenvalue weighted by Gasteiger charge is -2.74. The molecule has 0 unspecified atom stereocenters. The van der Waals surface area contributed by atoms with Crippen LogP contribution in [0.3, 0.4) is 0 Å². The molecule has 0 amide bonds. The molecule has 7 aliphatic rings. The van der Waals surface area contributed by atoms with E-state index in [4.69, 9.17) is 11.3 Å². The van der Waals surface area contributed by atoms with Gasteiger partial charge in [-0.15, -0.1) is 0 Å². The van der Waals surface area contributed by atoms with Crippen LogP contribution in [0, 0.1) is 51.4 Å². The molecule has 35 heavy (non-hydrogen) atoms. The monoisotopic (exact) mass is 475 g/mol. The Hall–Kier alpha value is -2.22. The first kappa shape index (κ1) is 23.2. The molecule has 5 aliphatic carbocycles. The lowest BCUT2D eigenvalue weighted by Crippen LogP contribution is -2.79. The first-order valence-electron chi connectivity index (χ1n) is 13.4. The summed E-state index contributed by atoms with van der Waals surface area (Å²) in [5.41, 5.74) is -2.07. The molecule has 0 radical (unpaired) electrons. The van der Waals surface area contributed by atoms with Gasteiger partial charge >= 0.3 is 5.97 Å². The summed E-state index contributed by atoms with van der Waals surface area (Å²) in [7, 11) is 0. The number of allylic oxidation sites excluding steroid dienone is 3. The molecule has 2 spiro atoms. The number of rotatable bonds is 0. The van der Waals surface area contributed by atoms with Gasteiger partial charge in [0.1, 0.15) is 5.60 Å². The highest BCUT2D eigenvalue weighted by molar-refractivity contribution is 6.03. The van der Waals surface area contributed by atoms with Crippen LogP contribution < -0.4 is 0 Å². The van der Waals surface area contributed by atoms with E-state index < -0.39 is 27.3 Å². The number of hydrogen-bond donors (Lipinski definition) is 0. The molecule has 2 aliphatic heterocycles. The summed E-state index contributed by atoms with van der Waals surface area (Å²) in [5, 5.41) is 0. The fourth-order valence-corrected chi connectivity index (χ4v) is 10.2. The van der Waals surface area contributed by atoms with E-state index in [0.29, 0.717) is 6.42 Å². The molecule has 2 saturated heterocycles. The third-order valence-electron chi connectivity index (χ3n) is 12.2. The van der Waals surface area contributed by atoms with Gasteiger partial charge in [0, 0.05) is 16.7 Å². The second-order valence-corrected chi connectivity index (χ2v) is 14.0. The molecule has 7 rings (SSSR count). The maximum Gasteiger partial charge on any atom is 0.313 e. The Kier molecular flexibility index (Phi) is 4.22. The zero-order valence-electron chi connectivity index (χ0n) is 21.9. The van der Waals surface area contributed by atoms with Gasteiger partial charge in [0.15, 0.2) is 11.6 Å². The number of nitrogens with zero attached hydrogens (tertiary/aromatic N) is 1. The van der Waals surface area contributed by atoms with Crippen molar-refractivity contribution in [3.63, 3.8) is 0 Å². The number of ether oxygens (including phenoxy) is 1. The van der Waals surface area contributed by atoms with Gasteiger partial charge in [-0.2, -0.15) is 0 Å². The topological polar surface area (TPSA) is 64.8 Å². The molecule has 5 heteroatoms. The summed E-state index contributed by atoms with van der Waals surface area (Å²) in [4.78, 5) is 44.7. The molecule has 0 aromatic rings. The minimum atomic E-state index is -0.886. The molecule has 2 bridgehead atoms. The van der Waals surface area contributed by atoms with Crippen molar-refractivity contribution in [3.8, 4) is 0 Å². The molecule has 0 N–H and O–H groups in total. The maximum atomic E-state index is 14.4. The highest BCUT2D eigenvalue weighted by Gasteiger charge is 2.81. The lowest BCUT2D eigenvalue weighted by atomic mass is 9.32. The minimum absolute atomic E-state index is 0.0254. The molecule has 0 aromatic carbocycles. The fourth-order valence-electron chi connectivity index (χ4n) is 10.2. The maximum absolute atomic E-state index is 14.4. The molecule has 0 aromatic heterocycles. The van der Waals surface area contributed by atoms with Crippen LogP contribution in [0.2, 0.25) is 0 Å². The van der Waals surface area contributed by atoms with Gasteiger partial charge in [-0.1, -0.05) is 40.7 Å². The van der Waals surface area contributed by atoms with Crippen molar-refractivity contribution < 1.29 is 19.1 Å². The summed E-state index contributed by atoms with van der Waals surface area (Å²) < 4.78 is 6.63. The number of esters is 1. The largest absolute Gasteiger partial charge is 0.457 e. The molecule has 186 valence electrons. The summed E-state index contributed by atoms with van der Waals surface area (Å²) in [6.07, 6.45) is 9.43. The number of Topliss-reactive ketones (excluding diaryl/α,β-unsaturated/α-hetero) is 1. The molecule has 2 heterocycles. The predicted octanol–water partition coefficient (Wildman–Crippen LogP) is 5.85. The van der Waals surface area contributed by atoms with Crippen LogP contribution in [0.1, 0.15) is 86.5 Å². The van der Waals surface area contributed by atoms with Crippen LogP contribution in [0.15, 0.2) is 23.4 Å². The second kappa shape index (κ2) is 6.36. The molecule has 5 fully saturated rings. The molecule has 5 nitrogen and oxygen atoms in total. The Bertz CT molecular complexity index is 1200. The number of fused-ring (bicyclic) bond motifs is 5. The van der Waals surface area contributed by atoms with Crippen molar-refractivity contribution in [1.82, 2.24) is 0 Å². The number of carbonyl (C=O) groups is 3. The number of ketones is 2. The highest BCUT2D eigenvalue weighted by Crippen LogP contribution is 2.78. The van der Waals surface area contributed by atoms with Gasteiger partial charge in [0.25, 0.3) is 0 Å². The quantitative estimate of drug-likeness (QED) is 0.326. The van der Waals surface area contributed by atoms with Crippen molar-refractivity contribution in [2.45, 2.75) is 92.1 Å². The summed E-state index contributed by atoms with van der Waals surface area (Å²) in [5.74, 6) is -0.366. The van der Waals surface area contributed by atoms with Gasteiger partial charge in [0.2, 0.25) is 5.70 Å². The smallest absolute Gasteiger partial charge is 0.313 e. The zero-order valence-corrected chi connectivity index (χ0v) is 21.9. The number of hydrogen-bond acceptors (Lipinski definition) is 4. The second-order valence-electron chi connectivity index (χ2n) is 14.0. The third-order valence-corrected chi connectivity index (χ3v) is 12.2. The molecule has 3 saturated carbocycles. The van der Waals surface area contributed by atoms with Gasteiger partial charge in [0.05, 0.1) is 17.4 Å². The standard InChI is InChI=1S/C30H37NO4/c1-17-18-8-9-27(5)20(26(18,4)15-19(31-7)23(17)33)14-22(32)28(6)21-16-25(2,3)10-11-29(21)12-13-30(27,28)35-24(29)34/h14-15,17-18,21H,8-13,16H2,1-6H3/t17-,18-,21-,26-,27+,28+,29-,30-/m0/s1. The Balaban J connectivity index is 1.60. The average Bonchev–Trinajstić information content (AvgIpc) is 2.79. The lowest BCUT2D eigenvalue weighted by molar-refractivity contribution is -0.300. The van der Waals surface area contributed by atoms with E-state index in [0.717, 1.165) is 44.1 Å². The van der Waals surface area contributed by atoms with Gasteiger partial charge < -0.3 is 9.53 Å². The van der Waals surface area contributed by atoms with E-state index in [1.807, 2.05) is 19.1 Å². The summed E-state index contributed by atoms with van der Waals surface area (Å²) in [6.45, 7) is 20.5. The Morgan fingerprint density at radius 1 is 1.00 bits per heavy atom. The van der Waals surface area contributed by atoms with Crippen LogP contribution in [-0.4, -0.2) is 23.1 Å². The predicted molar refractivity (Wildman–Crippen MR) is 131 cm³/mol. The van der Waals surface area contributed by atoms with Crippen molar-refractivity contribution >= 4 is 17.5 Å². The van der Waals surface area contributed by atoms with E-state index in [1.165, 1.54) is 0 Å². The van der Waals surface area contributed by atoms with E-state index in [2.05, 4.69) is 39.5 Å². The normalized spacial score (nSPS) is 51.6. The van der Waals surface area contributed by atoms with Gasteiger partial charge in [-0.25, -0.2) is 4.85 Å². The molecular formula is C30H37NO4. The van der Waals surface area contributed by atoms with Crippen molar-refractivity contribution in [2.24, 2.45) is 44.8 Å². The van der Waals surface area contributed by atoms with Crippen LogP contribution in [0.4, 0.5) is 0 Å². The third kappa shape index (κ3) is 2.30. The molecular weight excluding hydrogens is 438 g/mol. The Morgan fingerprint density at radius 2 is 1.69 bits per heavy atom. The van der Waals surface area contributed by atoms with Crippen molar-refractivity contribution in [3.05, 3.63) is 34.8 Å². The van der Waals surface area contributed by atoms with E-state index in [-0.39, 0.29) is 46.4 Å². The van der Waals surface area contributed by atoms with Gasteiger partial charge in [-0.05, 0) is 80.8 Å². The van der Waals surface area contributed by atoms with Crippen molar-refractivity contribution in [1.29, 1.82) is 0 Å². The van der Waals surface area contributed by atoms with Crippen LogP contribution in [0.25, 0.3) is 4.85 Å². The van der Waals surface area contributed by atoms with Crippen molar-refractivity contribution in [2.75, 3.05) is 0 Å². The summed E-state index contributed by atoms with van der Waals surface area (Å²) >= 11 is 0. The average molecular weight is 476 g/mol. The van der Waals surface area contributed by atoms with E-state index in [9.17, 15) is 14.4 Å². The Morgan fingerprint density at radius 3 is 2.34 bits per heavy atom. The fraction of sp³-hybridized carbons (Fsp3) is 0.733. The van der Waals surface area contributed by atoms with E-state index >= 15 is 0 Å². The summed E-state index contributed by atoms with van der Waals surface area (Å²) in [6, 6.07) is 0. The van der Waals surface area contributed by atoms with Crippen LogP contribution in [0.5, 0.6) is 0 Å². The molecule has 8 atom stereocenters. The van der Waals surface area contributed by atoms with Crippen LogP contribution >= 0.6 is 0 Å².